The van der Waals surface area contributed by atoms with Gasteiger partial charge in [0.05, 0.1) is 27.9 Å². The van der Waals surface area contributed by atoms with Crippen LogP contribution in [0.3, 0.4) is 0 Å². The van der Waals surface area contributed by atoms with Crippen LogP contribution in [-0.4, -0.2) is 29.4 Å². The number of benzene rings is 3. The molecule has 4 amide bonds. The van der Waals surface area contributed by atoms with Crippen LogP contribution < -0.4 is 10.2 Å². The quantitative estimate of drug-likeness (QED) is 0.542. The van der Waals surface area contributed by atoms with Crippen molar-refractivity contribution in [2.24, 2.45) is 0 Å². The molecule has 7 heteroatoms. The maximum absolute atomic E-state index is 12.9. The van der Waals surface area contributed by atoms with Gasteiger partial charge in [0.25, 0.3) is 23.6 Å². The van der Waals surface area contributed by atoms with Crippen molar-refractivity contribution in [3.05, 3.63) is 100 Å². The van der Waals surface area contributed by atoms with E-state index in [1.165, 1.54) is 36.4 Å². The second-order valence-corrected chi connectivity index (χ2v) is 6.91. The second kappa shape index (κ2) is 6.31. The van der Waals surface area contributed by atoms with Gasteiger partial charge in [0.1, 0.15) is 0 Å². The molecule has 0 unspecified atom stereocenters. The van der Waals surface area contributed by atoms with E-state index in [1.54, 1.807) is 30.3 Å². The lowest BCUT2D eigenvalue weighted by molar-refractivity contribution is 0.0874. The van der Waals surface area contributed by atoms with Gasteiger partial charge in [-0.3, -0.25) is 29.3 Å². The Bertz CT molecular complexity index is 1310. The highest BCUT2D eigenvalue weighted by Gasteiger charge is 2.37. The van der Waals surface area contributed by atoms with E-state index in [0.717, 1.165) is 4.90 Å². The molecule has 0 radical (unpaired) electrons. The number of hydrogen-bond acceptors (Lipinski definition) is 5. The van der Waals surface area contributed by atoms with Crippen LogP contribution in [0.2, 0.25) is 0 Å². The van der Waals surface area contributed by atoms with Gasteiger partial charge >= 0.3 is 0 Å². The molecule has 2 aliphatic heterocycles. The first-order chi connectivity index (χ1) is 14.5. The molecule has 5 rings (SSSR count). The molecule has 2 heterocycles. The van der Waals surface area contributed by atoms with E-state index >= 15 is 0 Å². The number of ketones is 1. The van der Waals surface area contributed by atoms with Gasteiger partial charge in [0.15, 0.2) is 5.78 Å². The maximum Gasteiger partial charge on any atom is 0.266 e. The summed E-state index contributed by atoms with van der Waals surface area (Å²) in [4.78, 5) is 63.1. The van der Waals surface area contributed by atoms with E-state index in [1.807, 2.05) is 0 Å². The van der Waals surface area contributed by atoms with Crippen LogP contribution in [0.1, 0.15) is 57.4 Å². The minimum Gasteiger partial charge on any atom is -0.289 e. The Morgan fingerprint density at radius 3 is 1.90 bits per heavy atom. The van der Waals surface area contributed by atoms with Crippen molar-refractivity contribution in [1.82, 2.24) is 5.32 Å². The Hall–Kier alpha value is -4.39. The summed E-state index contributed by atoms with van der Waals surface area (Å²) in [5.74, 6) is -2.44. The summed E-state index contributed by atoms with van der Waals surface area (Å²) in [6.45, 7) is 0. The minimum absolute atomic E-state index is 0.133. The third-order valence-electron chi connectivity index (χ3n) is 5.16. The van der Waals surface area contributed by atoms with Crippen molar-refractivity contribution in [2.75, 3.05) is 4.90 Å². The molecule has 1 N–H and O–H groups in total. The Morgan fingerprint density at radius 2 is 1.20 bits per heavy atom. The SMILES string of the molecule is O=C(c1ccc2c(c1)C(=O)NC2=O)c1ccc2c(c1)C(=O)N(c1ccccc1)C2=O. The number of fused-ring (bicyclic) bond motifs is 2. The fourth-order valence-electron chi connectivity index (χ4n) is 3.67. The van der Waals surface area contributed by atoms with Crippen molar-refractivity contribution in [2.45, 2.75) is 0 Å². The van der Waals surface area contributed by atoms with E-state index < -0.39 is 29.4 Å². The largest absolute Gasteiger partial charge is 0.289 e. The molecule has 0 saturated carbocycles. The van der Waals surface area contributed by atoms with Crippen LogP contribution in [0.4, 0.5) is 5.69 Å². The first-order valence-electron chi connectivity index (χ1n) is 9.08. The molecule has 0 atom stereocenters. The van der Waals surface area contributed by atoms with Crippen molar-refractivity contribution in [1.29, 1.82) is 0 Å². The zero-order chi connectivity index (χ0) is 21.0. The number of rotatable bonds is 3. The Labute approximate surface area is 169 Å². The van der Waals surface area contributed by atoms with Crippen LogP contribution in [0.15, 0.2) is 66.7 Å². The fraction of sp³-hybridized carbons (Fsp3) is 0. The molecule has 0 fully saturated rings. The molecule has 0 saturated heterocycles. The van der Waals surface area contributed by atoms with E-state index in [-0.39, 0.29) is 33.4 Å². The van der Waals surface area contributed by atoms with Gasteiger partial charge < -0.3 is 0 Å². The van der Waals surface area contributed by atoms with Crippen molar-refractivity contribution < 1.29 is 24.0 Å². The molecule has 0 bridgehead atoms. The Kier molecular flexibility index (Phi) is 3.72. The van der Waals surface area contributed by atoms with Gasteiger partial charge in [-0.25, -0.2) is 4.90 Å². The summed E-state index contributed by atoms with van der Waals surface area (Å²) in [5, 5.41) is 2.18. The number of carbonyl (C=O) groups excluding carboxylic acids is 5. The lowest BCUT2D eigenvalue weighted by Crippen LogP contribution is -2.29. The van der Waals surface area contributed by atoms with Gasteiger partial charge in [0.2, 0.25) is 0 Å². The smallest absolute Gasteiger partial charge is 0.266 e. The lowest BCUT2D eigenvalue weighted by Gasteiger charge is -2.13. The molecule has 0 aromatic heterocycles. The summed E-state index contributed by atoms with van der Waals surface area (Å²) < 4.78 is 0. The number of nitrogens with zero attached hydrogens (tertiary/aromatic N) is 1. The number of anilines is 1. The highest BCUT2D eigenvalue weighted by atomic mass is 16.2. The van der Waals surface area contributed by atoms with Crippen molar-refractivity contribution in [3.8, 4) is 0 Å². The molecule has 7 nitrogen and oxygen atoms in total. The topological polar surface area (TPSA) is 101 Å². The van der Waals surface area contributed by atoms with Crippen LogP contribution in [0, 0.1) is 0 Å². The molecule has 3 aromatic carbocycles. The number of para-hydroxylation sites is 1. The third kappa shape index (κ3) is 2.49. The predicted octanol–water partition coefficient (Wildman–Crippen LogP) is 2.60. The number of hydrogen-bond donors (Lipinski definition) is 1. The van der Waals surface area contributed by atoms with E-state index in [4.69, 9.17) is 0 Å². The summed E-state index contributed by atoms with van der Waals surface area (Å²) in [7, 11) is 0. The van der Waals surface area contributed by atoms with E-state index in [2.05, 4.69) is 5.32 Å². The summed E-state index contributed by atoms with van der Waals surface area (Å²) in [6, 6.07) is 17.1. The number of nitrogens with one attached hydrogen (secondary N) is 1. The van der Waals surface area contributed by atoms with Gasteiger partial charge in [-0.2, -0.15) is 0 Å². The van der Waals surface area contributed by atoms with Gasteiger partial charge in [-0.05, 0) is 36.4 Å². The van der Waals surface area contributed by atoms with Crippen molar-refractivity contribution >= 4 is 35.1 Å². The van der Waals surface area contributed by atoms with Crippen LogP contribution in [-0.2, 0) is 0 Å². The third-order valence-corrected chi connectivity index (χ3v) is 5.16. The molecule has 144 valence electrons. The first-order valence-corrected chi connectivity index (χ1v) is 9.08. The fourth-order valence-corrected chi connectivity index (χ4v) is 3.67. The molecule has 0 aliphatic carbocycles. The summed E-state index contributed by atoms with van der Waals surface area (Å²) in [6.07, 6.45) is 0. The maximum atomic E-state index is 12.9. The second-order valence-electron chi connectivity index (χ2n) is 6.91. The number of imide groups is 2. The zero-order valence-corrected chi connectivity index (χ0v) is 15.3. The van der Waals surface area contributed by atoms with Crippen LogP contribution in [0.5, 0.6) is 0 Å². The van der Waals surface area contributed by atoms with Gasteiger partial charge in [0, 0.05) is 11.1 Å². The van der Waals surface area contributed by atoms with E-state index in [0.29, 0.717) is 5.69 Å². The van der Waals surface area contributed by atoms with Gasteiger partial charge in [-0.1, -0.05) is 30.3 Å². The summed E-state index contributed by atoms with van der Waals surface area (Å²) in [5.41, 5.74) is 1.57. The Balaban J connectivity index is 1.52. The first kappa shape index (κ1) is 17.7. The van der Waals surface area contributed by atoms with E-state index in [9.17, 15) is 24.0 Å². The molecular formula is C23H12N2O5. The summed E-state index contributed by atoms with van der Waals surface area (Å²) >= 11 is 0. The van der Waals surface area contributed by atoms with Crippen LogP contribution in [0.25, 0.3) is 0 Å². The average molecular weight is 396 g/mol. The molecule has 0 spiro atoms. The van der Waals surface area contributed by atoms with Crippen LogP contribution >= 0.6 is 0 Å². The van der Waals surface area contributed by atoms with Gasteiger partial charge in [-0.15, -0.1) is 0 Å². The standard InChI is InChI=1S/C23H12N2O5/c26-19(12-6-8-15-17(10-12)21(28)24-20(15)27)13-7-9-16-18(11-13)23(30)25(22(16)29)14-4-2-1-3-5-14/h1-11H,(H,24,27,28). The molecular weight excluding hydrogens is 384 g/mol. The lowest BCUT2D eigenvalue weighted by atomic mass is 9.96. The monoisotopic (exact) mass is 396 g/mol. The van der Waals surface area contributed by atoms with Crippen molar-refractivity contribution in [3.63, 3.8) is 0 Å². The minimum atomic E-state index is -0.558. The number of amides is 4. The zero-order valence-electron chi connectivity index (χ0n) is 15.3. The Morgan fingerprint density at radius 1 is 0.633 bits per heavy atom. The highest BCUT2D eigenvalue weighted by Crippen LogP contribution is 2.29. The molecule has 30 heavy (non-hydrogen) atoms. The normalized spacial score (nSPS) is 14.6. The molecule has 2 aliphatic rings. The number of carbonyl (C=O) groups is 5. The average Bonchev–Trinajstić information content (AvgIpc) is 3.20. The molecule has 3 aromatic rings. The highest BCUT2D eigenvalue weighted by molar-refractivity contribution is 6.35. The predicted molar refractivity (Wildman–Crippen MR) is 106 cm³/mol.